The van der Waals surface area contributed by atoms with E-state index in [9.17, 15) is 4.39 Å². The van der Waals surface area contributed by atoms with Crippen molar-refractivity contribution in [1.29, 1.82) is 0 Å². The summed E-state index contributed by atoms with van der Waals surface area (Å²) in [5.74, 6) is -0.356. The van der Waals surface area contributed by atoms with Crippen molar-refractivity contribution in [2.75, 3.05) is 0 Å². The zero-order valence-electron chi connectivity index (χ0n) is 5.44. The fourth-order valence-electron chi connectivity index (χ4n) is 0.727. The molecule has 1 aromatic rings. The first-order valence-electron chi connectivity index (χ1n) is 2.88. The van der Waals surface area contributed by atoms with E-state index in [4.69, 9.17) is 16.7 Å². The quantitative estimate of drug-likeness (QED) is 0.747. The van der Waals surface area contributed by atoms with Crippen molar-refractivity contribution in [3.05, 3.63) is 28.0 Å². The second-order valence-electron chi connectivity index (χ2n) is 2.03. The molecule has 0 radical (unpaired) electrons. The van der Waals surface area contributed by atoms with E-state index in [-0.39, 0.29) is 16.1 Å². The van der Waals surface area contributed by atoms with Gasteiger partial charge >= 0.3 is 0 Å². The molecule has 0 unspecified atom stereocenters. The standard InChI is InChI=1S/C7H5BrClFO/c8-6-2-5(11)1-4(3-9)7(6)10/h1-2,11H,3H2. The van der Waals surface area contributed by atoms with Crippen LogP contribution < -0.4 is 0 Å². The Labute approximate surface area is 76.9 Å². The molecule has 0 heterocycles. The summed E-state index contributed by atoms with van der Waals surface area (Å²) < 4.78 is 13.2. The van der Waals surface area contributed by atoms with E-state index in [1.807, 2.05) is 0 Å². The van der Waals surface area contributed by atoms with Crippen LogP contribution in [0.1, 0.15) is 5.56 Å². The van der Waals surface area contributed by atoms with Gasteiger partial charge < -0.3 is 5.11 Å². The van der Waals surface area contributed by atoms with Gasteiger partial charge in [0.15, 0.2) is 0 Å². The fraction of sp³-hybridized carbons (Fsp3) is 0.143. The predicted octanol–water partition coefficient (Wildman–Crippen LogP) is 3.03. The molecule has 0 amide bonds. The summed E-state index contributed by atoms with van der Waals surface area (Å²) in [5, 5.41) is 8.99. The Kier molecular flexibility index (Phi) is 2.73. The van der Waals surface area contributed by atoms with Gasteiger partial charge in [0.25, 0.3) is 0 Å². The third-order valence-electron chi connectivity index (χ3n) is 1.23. The smallest absolute Gasteiger partial charge is 0.142 e. The van der Waals surface area contributed by atoms with Gasteiger partial charge in [-0.15, -0.1) is 11.6 Å². The molecule has 60 valence electrons. The highest BCUT2D eigenvalue weighted by Gasteiger charge is 2.06. The van der Waals surface area contributed by atoms with Gasteiger partial charge in [0.05, 0.1) is 10.4 Å². The van der Waals surface area contributed by atoms with Crippen LogP contribution in [0.3, 0.4) is 0 Å². The summed E-state index contributed by atoms with van der Waals surface area (Å²) >= 11 is 8.35. The Morgan fingerprint density at radius 3 is 2.73 bits per heavy atom. The lowest BCUT2D eigenvalue weighted by Gasteiger charge is -2.01. The lowest BCUT2D eigenvalue weighted by Crippen LogP contribution is -1.86. The highest BCUT2D eigenvalue weighted by molar-refractivity contribution is 9.10. The average molecular weight is 239 g/mol. The molecule has 0 aliphatic carbocycles. The number of hydrogen-bond acceptors (Lipinski definition) is 1. The van der Waals surface area contributed by atoms with Crippen molar-refractivity contribution in [2.45, 2.75) is 5.88 Å². The molecule has 0 saturated carbocycles. The zero-order chi connectivity index (χ0) is 8.43. The van der Waals surface area contributed by atoms with E-state index >= 15 is 0 Å². The van der Waals surface area contributed by atoms with Gasteiger partial charge in [-0.05, 0) is 28.1 Å². The molecule has 1 N–H and O–H groups in total. The molecular formula is C7H5BrClFO. The molecule has 0 atom stereocenters. The van der Waals surface area contributed by atoms with Crippen LogP contribution in [0.2, 0.25) is 0 Å². The molecule has 0 aliphatic rings. The number of halogens is 3. The molecule has 1 aromatic carbocycles. The first-order valence-corrected chi connectivity index (χ1v) is 4.20. The second kappa shape index (κ2) is 3.41. The summed E-state index contributed by atoms with van der Waals surface area (Å²) in [4.78, 5) is 0. The van der Waals surface area contributed by atoms with E-state index < -0.39 is 5.82 Å². The van der Waals surface area contributed by atoms with Crippen molar-refractivity contribution in [3.8, 4) is 5.75 Å². The molecule has 0 aliphatic heterocycles. The topological polar surface area (TPSA) is 20.2 Å². The molecule has 0 spiro atoms. The third kappa shape index (κ3) is 1.84. The van der Waals surface area contributed by atoms with Crippen LogP contribution in [0.25, 0.3) is 0 Å². The normalized spacial score (nSPS) is 10.1. The van der Waals surface area contributed by atoms with Gasteiger partial charge in [-0.3, -0.25) is 0 Å². The van der Waals surface area contributed by atoms with Crippen molar-refractivity contribution in [2.24, 2.45) is 0 Å². The minimum absolute atomic E-state index is 0.00826. The largest absolute Gasteiger partial charge is 0.508 e. The Hall–Kier alpha value is -0.280. The van der Waals surface area contributed by atoms with Gasteiger partial charge in [0.2, 0.25) is 0 Å². The SMILES string of the molecule is Oc1cc(Br)c(F)c(CCl)c1. The molecule has 11 heavy (non-hydrogen) atoms. The average Bonchev–Trinajstić information content (AvgIpc) is 1.96. The summed E-state index contributed by atoms with van der Waals surface area (Å²) in [6.07, 6.45) is 0. The van der Waals surface area contributed by atoms with Crippen molar-refractivity contribution < 1.29 is 9.50 Å². The van der Waals surface area contributed by atoms with E-state index in [0.29, 0.717) is 5.56 Å². The van der Waals surface area contributed by atoms with Crippen LogP contribution in [0.15, 0.2) is 16.6 Å². The molecule has 1 nitrogen and oxygen atoms in total. The highest BCUT2D eigenvalue weighted by Crippen LogP contribution is 2.25. The number of phenolic OH excluding ortho intramolecular Hbond substituents is 1. The first kappa shape index (κ1) is 8.81. The number of aromatic hydroxyl groups is 1. The van der Waals surface area contributed by atoms with Crippen LogP contribution in [0, 0.1) is 5.82 Å². The van der Waals surface area contributed by atoms with Crippen molar-refractivity contribution >= 4 is 27.5 Å². The predicted molar refractivity (Wildman–Crippen MR) is 45.3 cm³/mol. The fourth-order valence-corrected chi connectivity index (χ4v) is 1.41. The van der Waals surface area contributed by atoms with Crippen LogP contribution in [-0.4, -0.2) is 5.11 Å². The molecule has 0 aromatic heterocycles. The minimum Gasteiger partial charge on any atom is -0.508 e. The zero-order valence-corrected chi connectivity index (χ0v) is 7.78. The molecule has 0 fully saturated rings. The maximum Gasteiger partial charge on any atom is 0.142 e. The third-order valence-corrected chi connectivity index (χ3v) is 2.10. The first-order chi connectivity index (χ1) is 5.15. The minimum atomic E-state index is -0.419. The monoisotopic (exact) mass is 238 g/mol. The van der Waals surface area contributed by atoms with Gasteiger partial charge in [-0.1, -0.05) is 0 Å². The lowest BCUT2D eigenvalue weighted by atomic mass is 10.2. The summed E-state index contributed by atoms with van der Waals surface area (Å²) in [5.41, 5.74) is 0.290. The Morgan fingerprint density at radius 2 is 2.18 bits per heavy atom. The second-order valence-corrected chi connectivity index (χ2v) is 3.16. The molecular weight excluding hydrogens is 234 g/mol. The van der Waals surface area contributed by atoms with Crippen molar-refractivity contribution in [3.63, 3.8) is 0 Å². The van der Waals surface area contributed by atoms with E-state index in [1.165, 1.54) is 12.1 Å². The summed E-state index contributed by atoms with van der Waals surface area (Å²) in [6.45, 7) is 0. The number of alkyl halides is 1. The van der Waals surface area contributed by atoms with Gasteiger partial charge in [0, 0.05) is 5.56 Å². The summed E-state index contributed by atoms with van der Waals surface area (Å²) in [7, 11) is 0. The number of rotatable bonds is 1. The van der Waals surface area contributed by atoms with E-state index in [1.54, 1.807) is 0 Å². The van der Waals surface area contributed by atoms with Gasteiger partial charge in [-0.25, -0.2) is 4.39 Å². The maximum absolute atomic E-state index is 12.9. The lowest BCUT2D eigenvalue weighted by molar-refractivity contribution is 0.471. The number of benzene rings is 1. The summed E-state index contributed by atoms with van der Waals surface area (Å²) in [6, 6.07) is 2.58. The molecule has 4 heteroatoms. The Morgan fingerprint density at radius 1 is 1.55 bits per heavy atom. The maximum atomic E-state index is 12.9. The number of phenols is 1. The van der Waals surface area contributed by atoms with Gasteiger partial charge in [0.1, 0.15) is 11.6 Å². The van der Waals surface area contributed by atoms with Crippen molar-refractivity contribution in [1.82, 2.24) is 0 Å². The van der Waals surface area contributed by atoms with Crippen LogP contribution in [0.4, 0.5) is 4.39 Å². The molecule has 0 bridgehead atoms. The van der Waals surface area contributed by atoms with E-state index in [0.717, 1.165) is 0 Å². The van der Waals surface area contributed by atoms with Gasteiger partial charge in [-0.2, -0.15) is 0 Å². The molecule has 1 rings (SSSR count). The Balaban J connectivity index is 3.24. The highest BCUT2D eigenvalue weighted by atomic mass is 79.9. The van der Waals surface area contributed by atoms with Crippen LogP contribution in [-0.2, 0) is 5.88 Å². The Bertz CT molecular complexity index is 277. The van der Waals surface area contributed by atoms with Crippen LogP contribution >= 0.6 is 27.5 Å². The molecule has 0 saturated heterocycles. The van der Waals surface area contributed by atoms with E-state index in [2.05, 4.69) is 15.9 Å². The van der Waals surface area contributed by atoms with Crippen LogP contribution in [0.5, 0.6) is 5.75 Å². The number of hydrogen-bond donors (Lipinski definition) is 1.